The minimum Gasteiger partial charge on any atom is -0.311 e. The molecule has 0 aliphatic carbocycles. The third kappa shape index (κ3) is 4.89. The van der Waals surface area contributed by atoms with Gasteiger partial charge < -0.3 is 5.32 Å². The van der Waals surface area contributed by atoms with E-state index in [1.807, 2.05) is 17.7 Å². The number of aryl methyl sites for hydroxylation is 1. The Bertz CT molecular complexity index is 677. The highest BCUT2D eigenvalue weighted by Crippen LogP contribution is 2.17. The number of carbonyl (C=O) groups is 1. The summed E-state index contributed by atoms with van der Waals surface area (Å²) in [6, 6.07) is 3.63. The monoisotopic (exact) mass is 378 g/mol. The molecule has 2 rings (SSSR count). The lowest BCUT2D eigenvalue weighted by atomic mass is 10.1. The first-order chi connectivity index (χ1) is 10.9. The minimum atomic E-state index is -0.0322. The Labute approximate surface area is 145 Å². The van der Waals surface area contributed by atoms with E-state index in [0.29, 0.717) is 24.6 Å². The zero-order valence-corrected chi connectivity index (χ0v) is 15.6. The molecule has 0 saturated heterocycles. The molecule has 2 heterocycles. The molecule has 0 aliphatic heterocycles. The molecule has 0 aromatic carbocycles. The first-order valence-corrected chi connectivity index (χ1v) is 8.60. The van der Waals surface area contributed by atoms with Crippen molar-refractivity contribution in [3.63, 3.8) is 0 Å². The number of hydrogen-bond acceptors (Lipinski definition) is 3. The van der Waals surface area contributed by atoms with Gasteiger partial charge in [-0.3, -0.25) is 9.48 Å². The summed E-state index contributed by atoms with van der Waals surface area (Å²) in [5.74, 6) is 1.09. The van der Waals surface area contributed by atoms with Crippen molar-refractivity contribution in [2.24, 2.45) is 5.92 Å². The molecule has 0 radical (unpaired) electrons. The topological polar surface area (TPSA) is 59.8 Å². The predicted molar refractivity (Wildman–Crippen MR) is 95.4 cm³/mol. The number of nitrogens with one attached hydrogen (secondary N) is 1. The molecule has 0 bridgehead atoms. The highest BCUT2D eigenvalue weighted by atomic mass is 79.9. The first-order valence-electron chi connectivity index (χ1n) is 7.81. The van der Waals surface area contributed by atoms with Crippen LogP contribution < -0.4 is 5.32 Å². The van der Waals surface area contributed by atoms with Gasteiger partial charge in [0.05, 0.1) is 5.69 Å². The van der Waals surface area contributed by atoms with Gasteiger partial charge in [0.2, 0.25) is 5.91 Å². The standard InChI is InChI=1S/C17H23BrN4O/c1-11(2)10-22-13(4)15(12(3)21-22)6-8-17(23)20-16-7-5-14(18)9-19-16/h5,7,9,11H,6,8,10H2,1-4H3,(H,19,20,23). The smallest absolute Gasteiger partial charge is 0.225 e. The van der Waals surface area contributed by atoms with Gasteiger partial charge in [-0.2, -0.15) is 5.10 Å². The fourth-order valence-electron chi connectivity index (χ4n) is 2.51. The molecule has 0 saturated carbocycles. The third-order valence-corrected chi connectivity index (χ3v) is 4.14. The van der Waals surface area contributed by atoms with Gasteiger partial charge in [0.1, 0.15) is 5.82 Å². The van der Waals surface area contributed by atoms with Gasteiger partial charge >= 0.3 is 0 Å². The molecule has 23 heavy (non-hydrogen) atoms. The number of aromatic nitrogens is 3. The Morgan fingerprint density at radius 3 is 2.70 bits per heavy atom. The molecule has 5 nitrogen and oxygen atoms in total. The van der Waals surface area contributed by atoms with Crippen molar-refractivity contribution in [3.05, 3.63) is 39.8 Å². The quantitative estimate of drug-likeness (QED) is 0.829. The van der Waals surface area contributed by atoms with Crippen LogP contribution in [0.5, 0.6) is 0 Å². The van der Waals surface area contributed by atoms with Crippen molar-refractivity contribution in [1.29, 1.82) is 0 Å². The van der Waals surface area contributed by atoms with E-state index >= 15 is 0 Å². The van der Waals surface area contributed by atoms with E-state index < -0.39 is 0 Å². The lowest BCUT2D eigenvalue weighted by Gasteiger charge is -2.08. The molecule has 2 aromatic rings. The molecule has 6 heteroatoms. The maximum absolute atomic E-state index is 12.1. The summed E-state index contributed by atoms with van der Waals surface area (Å²) in [6.07, 6.45) is 2.78. The Morgan fingerprint density at radius 1 is 1.35 bits per heavy atom. The van der Waals surface area contributed by atoms with Gasteiger partial charge in [0, 0.05) is 29.3 Å². The summed E-state index contributed by atoms with van der Waals surface area (Å²) < 4.78 is 2.93. The van der Waals surface area contributed by atoms with Gasteiger partial charge in [0.15, 0.2) is 0 Å². The van der Waals surface area contributed by atoms with Crippen molar-refractivity contribution in [2.45, 2.75) is 47.1 Å². The Morgan fingerprint density at radius 2 is 2.09 bits per heavy atom. The highest BCUT2D eigenvalue weighted by Gasteiger charge is 2.14. The van der Waals surface area contributed by atoms with Gasteiger partial charge in [-0.1, -0.05) is 13.8 Å². The van der Waals surface area contributed by atoms with Crippen LogP contribution >= 0.6 is 15.9 Å². The number of hydrogen-bond donors (Lipinski definition) is 1. The molecule has 0 atom stereocenters. The van der Waals surface area contributed by atoms with Crippen molar-refractivity contribution >= 4 is 27.7 Å². The number of pyridine rings is 1. The van der Waals surface area contributed by atoms with E-state index in [1.165, 1.54) is 5.56 Å². The van der Waals surface area contributed by atoms with Crippen LogP contribution in [0.2, 0.25) is 0 Å². The largest absolute Gasteiger partial charge is 0.311 e. The van der Waals surface area contributed by atoms with E-state index in [2.05, 4.69) is 52.1 Å². The fourth-order valence-corrected chi connectivity index (χ4v) is 2.75. The molecular weight excluding hydrogens is 356 g/mol. The Kier molecular flexibility index (Phi) is 5.93. The normalized spacial score (nSPS) is 11.0. The van der Waals surface area contributed by atoms with Crippen LogP contribution in [0.15, 0.2) is 22.8 Å². The zero-order valence-electron chi connectivity index (χ0n) is 14.1. The van der Waals surface area contributed by atoms with Crippen molar-refractivity contribution < 1.29 is 4.79 Å². The van der Waals surface area contributed by atoms with Crippen LogP contribution in [0.1, 0.15) is 37.2 Å². The molecule has 1 N–H and O–H groups in total. The molecule has 0 unspecified atom stereocenters. The summed E-state index contributed by atoms with van der Waals surface area (Å²) in [4.78, 5) is 16.2. The molecule has 124 valence electrons. The van der Waals surface area contributed by atoms with E-state index in [1.54, 1.807) is 12.3 Å². The van der Waals surface area contributed by atoms with Gasteiger partial charge in [-0.25, -0.2) is 4.98 Å². The van der Waals surface area contributed by atoms with Crippen LogP contribution in [-0.2, 0) is 17.8 Å². The van der Waals surface area contributed by atoms with Crippen LogP contribution in [0.25, 0.3) is 0 Å². The van der Waals surface area contributed by atoms with Crippen LogP contribution in [-0.4, -0.2) is 20.7 Å². The number of rotatable bonds is 6. The highest BCUT2D eigenvalue weighted by molar-refractivity contribution is 9.10. The second-order valence-electron chi connectivity index (χ2n) is 6.14. The summed E-state index contributed by atoms with van der Waals surface area (Å²) in [5, 5.41) is 7.41. The zero-order chi connectivity index (χ0) is 17.0. The minimum absolute atomic E-state index is 0.0322. The second-order valence-corrected chi connectivity index (χ2v) is 7.05. The number of nitrogens with zero attached hydrogens (tertiary/aromatic N) is 3. The molecule has 1 amide bonds. The molecule has 0 aliphatic rings. The summed E-state index contributed by atoms with van der Waals surface area (Å²) in [6.45, 7) is 9.34. The Balaban J connectivity index is 1.96. The van der Waals surface area contributed by atoms with Crippen LogP contribution in [0.4, 0.5) is 5.82 Å². The molecule has 0 spiro atoms. The lowest BCUT2D eigenvalue weighted by molar-refractivity contribution is -0.116. The maximum Gasteiger partial charge on any atom is 0.225 e. The lowest BCUT2D eigenvalue weighted by Crippen LogP contribution is -2.13. The van der Waals surface area contributed by atoms with E-state index in [4.69, 9.17) is 0 Å². The fraction of sp³-hybridized carbons (Fsp3) is 0.471. The summed E-state index contributed by atoms with van der Waals surface area (Å²) in [7, 11) is 0. The van der Waals surface area contributed by atoms with Gasteiger partial charge in [0.25, 0.3) is 0 Å². The first kappa shape index (κ1) is 17.7. The predicted octanol–water partition coefficient (Wildman–Crippen LogP) is 3.88. The van der Waals surface area contributed by atoms with E-state index in [-0.39, 0.29) is 5.91 Å². The van der Waals surface area contributed by atoms with Crippen LogP contribution in [0.3, 0.4) is 0 Å². The number of anilines is 1. The molecule has 2 aromatic heterocycles. The van der Waals surface area contributed by atoms with Gasteiger partial charge in [-0.15, -0.1) is 0 Å². The van der Waals surface area contributed by atoms with Crippen molar-refractivity contribution in [2.75, 3.05) is 5.32 Å². The van der Waals surface area contributed by atoms with E-state index in [9.17, 15) is 4.79 Å². The molecule has 0 fully saturated rings. The average molecular weight is 379 g/mol. The van der Waals surface area contributed by atoms with Crippen LogP contribution in [0, 0.1) is 19.8 Å². The SMILES string of the molecule is Cc1nn(CC(C)C)c(C)c1CCC(=O)Nc1ccc(Br)cn1. The third-order valence-electron chi connectivity index (χ3n) is 3.67. The second kappa shape index (κ2) is 7.73. The summed E-state index contributed by atoms with van der Waals surface area (Å²) >= 11 is 3.32. The average Bonchev–Trinajstić information content (AvgIpc) is 2.73. The number of amides is 1. The number of carbonyl (C=O) groups excluding carboxylic acids is 1. The van der Waals surface area contributed by atoms with Crippen molar-refractivity contribution in [1.82, 2.24) is 14.8 Å². The van der Waals surface area contributed by atoms with Gasteiger partial charge in [-0.05, 0) is 59.8 Å². The van der Waals surface area contributed by atoms with E-state index in [0.717, 1.165) is 22.4 Å². The Hall–Kier alpha value is -1.69. The van der Waals surface area contributed by atoms with Crippen molar-refractivity contribution in [3.8, 4) is 0 Å². The molecular formula is C17H23BrN4O. The number of halogens is 1. The summed E-state index contributed by atoms with van der Waals surface area (Å²) in [5.41, 5.74) is 3.34. The maximum atomic E-state index is 12.1.